The lowest BCUT2D eigenvalue weighted by atomic mass is 9.95. The number of carbonyl (C=O) groups is 3. The zero-order chi connectivity index (χ0) is 23.6. The van der Waals surface area contributed by atoms with Gasteiger partial charge >= 0.3 is 12.1 Å². The van der Waals surface area contributed by atoms with E-state index in [0.717, 1.165) is 35.1 Å². The molecule has 2 atom stereocenters. The zero-order valence-corrected chi connectivity index (χ0v) is 19.0. The minimum absolute atomic E-state index is 0.00369. The van der Waals surface area contributed by atoms with Crippen LogP contribution in [-0.2, 0) is 14.3 Å². The van der Waals surface area contributed by atoms with E-state index >= 15 is 0 Å². The van der Waals surface area contributed by atoms with E-state index in [9.17, 15) is 19.5 Å². The Bertz CT molecular complexity index is 1020. The molecule has 0 heterocycles. The number of benzene rings is 2. The molecule has 2 aromatic carbocycles. The van der Waals surface area contributed by atoms with E-state index in [0.29, 0.717) is 6.42 Å². The van der Waals surface area contributed by atoms with Gasteiger partial charge in [-0.15, -0.1) is 0 Å². The maximum Gasteiger partial charge on any atom is 0.407 e. The second-order valence-corrected chi connectivity index (χ2v) is 9.11. The monoisotopic (exact) mass is 450 g/mol. The Hall–Kier alpha value is -3.35. The number of hydrogen-bond acceptors (Lipinski definition) is 4. The van der Waals surface area contributed by atoms with Gasteiger partial charge in [0, 0.05) is 18.4 Å². The van der Waals surface area contributed by atoms with E-state index in [-0.39, 0.29) is 24.9 Å². The average Bonchev–Trinajstić information content (AvgIpc) is 3.61. The van der Waals surface area contributed by atoms with Gasteiger partial charge in [0.05, 0.1) is 0 Å². The molecule has 4 rings (SSSR count). The standard InChI is InChI=1S/C26H30N2O5/c1-3-17(14-23(29)28-26(2,24(30)31)16-12-13-16)27-25(32)33-15-22-20-10-6-4-8-18(20)19-9-5-7-11-21(19)22/h4-11,16-17,22H,3,12-15H2,1-2H3,(H,27,32)(H,28,29)(H,30,31)/t17-,26?/m1/s1. The molecule has 0 aromatic heterocycles. The van der Waals surface area contributed by atoms with Crippen LogP contribution in [0.4, 0.5) is 4.79 Å². The molecule has 1 saturated carbocycles. The molecule has 0 radical (unpaired) electrons. The normalized spacial score (nSPS) is 17.3. The minimum atomic E-state index is -1.26. The third kappa shape index (κ3) is 4.72. The molecule has 1 fully saturated rings. The molecule has 0 aliphatic heterocycles. The van der Waals surface area contributed by atoms with Gasteiger partial charge in [-0.2, -0.15) is 0 Å². The Morgan fingerprint density at radius 1 is 1.06 bits per heavy atom. The fourth-order valence-corrected chi connectivity index (χ4v) is 4.66. The Balaban J connectivity index is 1.34. The van der Waals surface area contributed by atoms with Crippen LogP contribution >= 0.6 is 0 Å². The van der Waals surface area contributed by atoms with Crippen LogP contribution in [0.2, 0.25) is 0 Å². The number of nitrogens with one attached hydrogen (secondary N) is 2. The van der Waals surface area contributed by atoms with Gasteiger partial charge in [0.25, 0.3) is 0 Å². The van der Waals surface area contributed by atoms with Crippen molar-refractivity contribution in [2.75, 3.05) is 6.61 Å². The predicted octanol–water partition coefficient (Wildman–Crippen LogP) is 4.06. The van der Waals surface area contributed by atoms with Crippen LogP contribution in [0.1, 0.15) is 56.6 Å². The zero-order valence-electron chi connectivity index (χ0n) is 19.0. The molecule has 1 unspecified atom stereocenters. The van der Waals surface area contributed by atoms with Gasteiger partial charge in [-0.1, -0.05) is 55.5 Å². The van der Waals surface area contributed by atoms with Gasteiger partial charge in [0.2, 0.25) is 5.91 Å². The highest BCUT2D eigenvalue weighted by molar-refractivity contribution is 5.87. The van der Waals surface area contributed by atoms with Crippen molar-refractivity contribution in [3.63, 3.8) is 0 Å². The predicted molar refractivity (Wildman–Crippen MR) is 124 cm³/mol. The Morgan fingerprint density at radius 2 is 1.64 bits per heavy atom. The van der Waals surface area contributed by atoms with Gasteiger partial charge in [-0.25, -0.2) is 9.59 Å². The molecular formula is C26H30N2O5. The number of fused-ring (bicyclic) bond motifs is 3. The minimum Gasteiger partial charge on any atom is -0.480 e. The molecule has 0 spiro atoms. The van der Waals surface area contributed by atoms with E-state index in [1.165, 1.54) is 0 Å². The second kappa shape index (κ2) is 9.25. The maximum atomic E-state index is 12.5. The quantitative estimate of drug-likeness (QED) is 0.534. The smallest absolute Gasteiger partial charge is 0.407 e. The average molecular weight is 451 g/mol. The van der Waals surface area contributed by atoms with Crippen molar-refractivity contribution in [2.24, 2.45) is 5.92 Å². The topological polar surface area (TPSA) is 105 Å². The van der Waals surface area contributed by atoms with Crippen LogP contribution in [0.5, 0.6) is 0 Å². The Labute approximate surface area is 193 Å². The summed E-state index contributed by atoms with van der Waals surface area (Å²) in [6.07, 6.45) is 1.51. The molecule has 33 heavy (non-hydrogen) atoms. The molecule has 0 bridgehead atoms. The highest BCUT2D eigenvalue weighted by Gasteiger charge is 2.48. The summed E-state index contributed by atoms with van der Waals surface area (Å²) < 4.78 is 5.57. The van der Waals surface area contributed by atoms with E-state index in [1.807, 2.05) is 31.2 Å². The van der Waals surface area contributed by atoms with Crippen molar-refractivity contribution < 1.29 is 24.2 Å². The maximum absolute atomic E-state index is 12.5. The molecule has 7 nitrogen and oxygen atoms in total. The van der Waals surface area contributed by atoms with E-state index in [1.54, 1.807) is 6.92 Å². The first kappa shape index (κ1) is 22.8. The van der Waals surface area contributed by atoms with Crippen LogP contribution in [-0.4, -0.2) is 41.3 Å². The van der Waals surface area contributed by atoms with E-state index in [4.69, 9.17) is 4.74 Å². The van der Waals surface area contributed by atoms with Gasteiger partial charge in [0.1, 0.15) is 12.1 Å². The lowest BCUT2D eigenvalue weighted by Gasteiger charge is -2.27. The first-order valence-corrected chi connectivity index (χ1v) is 11.5. The van der Waals surface area contributed by atoms with Gasteiger partial charge in [0.15, 0.2) is 0 Å². The highest BCUT2D eigenvalue weighted by atomic mass is 16.5. The fourth-order valence-electron chi connectivity index (χ4n) is 4.66. The molecular weight excluding hydrogens is 420 g/mol. The van der Waals surface area contributed by atoms with Gasteiger partial charge < -0.3 is 20.5 Å². The molecule has 2 aliphatic carbocycles. The summed E-state index contributed by atoms with van der Waals surface area (Å²) in [6, 6.07) is 15.8. The number of amides is 2. The highest BCUT2D eigenvalue weighted by Crippen LogP contribution is 2.44. The van der Waals surface area contributed by atoms with Crippen LogP contribution < -0.4 is 10.6 Å². The number of ether oxygens (including phenoxy) is 1. The van der Waals surface area contributed by atoms with Crippen molar-refractivity contribution in [1.82, 2.24) is 10.6 Å². The van der Waals surface area contributed by atoms with Crippen molar-refractivity contribution in [3.05, 3.63) is 59.7 Å². The molecule has 2 aliphatic rings. The number of aliphatic carboxylic acids is 1. The first-order chi connectivity index (χ1) is 15.8. The van der Waals surface area contributed by atoms with Crippen molar-refractivity contribution in [2.45, 2.75) is 57.0 Å². The number of rotatable bonds is 9. The first-order valence-electron chi connectivity index (χ1n) is 11.5. The number of carboxylic acids is 1. The molecule has 3 N–H and O–H groups in total. The summed E-state index contributed by atoms with van der Waals surface area (Å²) >= 11 is 0. The molecule has 174 valence electrons. The molecule has 2 aromatic rings. The SMILES string of the molecule is CC[C@H](CC(=O)NC(C)(C(=O)O)C1CC1)NC(=O)OCC1c2ccccc2-c2ccccc21. The molecule has 2 amide bonds. The lowest BCUT2D eigenvalue weighted by molar-refractivity contribution is -0.148. The van der Waals surface area contributed by atoms with E-state index in [2.05, 4.69) is 34.9 Å². The number of alkyl carbamates (subject to hydrolysis) is 1. The third-order valence-corrected chi connectivity index (χ3v) is 6.83. The number of carbonyl (C=O) groups excluding carboxylic acids is 2. The fraction of sp³-hybridized carbons (Fsp3) is 0.423. The molecule has 0 saturated heterocycles. The summed E-state index contributed by atoms with van der Waals surface area (Å²) in [6.45, 7) is 3.60. The van der Waals surface area contributed by atoms with Crippen molar-refractivity contribution >= 4 is 18.0 Å². The van der Waals surface area contributed by atoms with E-state index < -0.39 is 29.6 Å². The summed E-state index contributed by atoms with van der Waals surface area (Å²) in [5, 5.41) is 15.0. The third-order valence-electron chi connectivity index (χ3n) is 6.83. The summed E-state index contributed by atoms with van der Waals surface area (Å²) in [7, 11) is 0. The Morgan fingerprint density at radius 3 is 2.15 bits per heavy atom. The largest absolute Gasteiger partial charge is 0.480 e. The van der Waals surface area contributed by atoms with Gasteiger partial charge in [-0.3, -0.25) is 4.79 Å². The number of hydrogen-bond donors (Lipinski definition) is 3. The van der Waals surface area contributed by atoms with Gasteiger partial charge in [-0.05, 0) is 54.4 Å². The van der Waals surface area contributed by atoms with Crippen LogP contribution in [0.3, 0.4) is 0 Å². The number of carboxylic acid groups (broad SMARTS) is 1. The van der Waals surface area contributed by atoms with Crippen molar-refractivity contribution in [3.8, 4) is 11.1 Å². The second-order valence-electron chi connectivity index (χ2n) is 9.11. The lowest BCUT2D eigenvalue weighted by Crippen LogP contribution is -2.55. The summed E-state index contributed by atoms with van der Waals surface area (Å²) in [5.74, 6) is -1.51. The molecule has 7 heteroatoms. The van der Waals surface area contributed by atoms with Crippen molar-refractivity contribution in [1.29, 1.82) is 0 Å². The van der Waals surface area contributed by atoms with Crippen LogP contribution in [0, 0.1) is 5.92 Å². The van der Waals surface area contributed by atoms with Crippen LogP contribution in [0.25, 0.3) is 11.1 Å². The van der Waals surface area contributed by atoms with Crippen LogP contribution in [0.15, 0.2) is 48.5 Å². The summed E-state index contributed by atoms with van der Waals surface area (Å²) in [5.41, 5.74) is 3.31. The summed E-state index contributed by atoms with van der Waals surface area (Å²) in [4.78, 5) is 36.7. The Kier molecular flexibility index (Phi) is 6.40.